The van der Waals surface area contributed by atoms with E-state index in [0.29, 0.717) is 39.7 Å². The highest BCUT2D eigenvalue weighted by Gasteiger charge is 2.41. The SMILES string of the molecule is Cc1ccc(S)c(N)c1.Cc1ccc2sc(-c3c(Cl)nc(N)nc3Cl)nc2c1.Cc1ccc2sc(-c3c(Cl)nc(N)nc3N[C@@H]3C[C@H](CO)[C@@H](O)[C@H]3O)nc2c1.Cl.Nc1nc(Cl)c(C=O)c(Cl)n1. The van der Waals surface area contributed by atoms with Gasteiger partial charge >= 0.3 is 0 Å². The molecule has 8 aromatic rings. The molecule has 0 unspecified atom stereocenters. The molecule has 26 heteroatoms. The van der Waals surface area contributed by atoms with Gasteiger partial charge in [0, 0.05) is 23.1 Å². The molecule has 5 aromatic heterocycles. The number of thiol groups is 1. The normalized spacial score (nSPS) is 16.1. The van der Waals surface area contributed by atoms with Crippen LogP contribution in [-0.2, 0) is 0 Å². The van der Waals surface area contributed by atoms with E-state index in [1.165, 1.54) is 28.2 Å². The van der Waals surface area contributed by atoms with Crippen molar-refractivity contribution in [1.29, 1.82) is 0 Å². The largest absolute Gasteiger partial charge is 0.398 e. The van der Waals surface area contributed by atoms with Crippen molar-refractivity contribution < 1.29 is 20.1 Å². The van der Waals surface area contributed by atoms with Crippen LogP contribution in [0.25, 0.3) is 41.6 Å². The second kappa shape index (κ2) is 23.8. The smallest absolute Gasteiger partial charge is 0.223 e. The van der Waals surface area contributed by atoms with Crippen molar-refractivity contribution in [2.75, 3.05) is 34.9 Å². The first-order chi connectivity index (χ1) is 31.8. The third kappa shape index (κ3) is 13.1. The quantitative estimate of drug-likeness (QED) is 0.0324. The molecule has 4 atom stereocenters. The zero-order chi connectivity index (χ0) is 48.9. The summed E-state index contributed by atoms with van der Waals surface area (Å²) in [6.45, 7) is 5.80. The Morgan fingerprint density at radius 3 is 1.56 bits per heavy atom. The second-order valence-corrected chi connectivity index (χ2v) is 19.1. The maximum atomic E-state index is 10.3. The summed E-state index contributed by atoms with van der Waals surface area (Å²) in [7, 11) is 0. The minimum Gasteiger partial charge on any atom is -0.398 e. The van der Waals surface area contributed by atoms with Gasteiger partial charge in [-0.25, -0.2) is 34.9 Å². The first-order valence-corrected chi connectivity index (χ1v) is 23.5. The number of halogens is 6. The fourth-order valence-electron chi connectivity index (χ4n) is 6.46. The van der Waals surface area contributed by atoms with Crippen LogP contribution < -0.4 is 28.3 Å². The number of carbonyl (C=O) groups is 1. The standard InChI is InChI=1S/C18H20ClN5O3S.C12H8Cl2N4S.C7H9NS.C5H3Cl2N3O.ClH/c1-7-2-3-11-9(4-7)22-17(28-11)12-15(19)23-18(20)24-16(12)21-10-5-8(6-25)13(26)14(10)27;1-5-2-3-7-6(4-5)16-11(19-7)8-9(13)17-12(15)18-10(8)14;1-5-2-3-7(9)6(8)4-5;6-3-2(1-11)4(7)10-5(8)9-3;/h2-4,8,10,13-14,25-27H,5-6H2,1H3,(H3,20,21,23,24);2-4H,1H3,(H2,15,17,18);2-4,9H,8H2,1H3;1H,(H2,8,9,10);1H/t8-,10-,13-,14+;;;;/m1..../s1. The Kier molecular flexibility index (Phi) is 19.0. The molecule has 1 aliphatic rings. The Bertz CT molecular complexity index is 3050. The van der Waals surface area contributed by atoms with Crippen LogP contribution in [0.5, 0.6) is 0 Å². The highest BCUT2D eigenvalue weighted by molar-refractivity contribution is 7.80. The summed E-state index contributed by atoms with van der Waals surface area (Å²) >= 11 is 36.6. The predicted octanol–water partition coefficient (Wildman–Crippen LogP) is 9.23. The van der Waals surface area contributed by atoms with Crippen LogP contribution in [0.2, 0.25) is 25.8 Å². The minimum atomic E-state index is -1.06. The topological polar surface area (TPSA) is 297 Å². The van der Waals surface area contributed by atoms with Gasteiger partial charge in [-0.1, -0.05) is 76.2 Å². The molecule has 0 bridgehead atoms. The van der Waals surface area contributed by atoms with Crippen molar-refractivity contribution in [1.82, 2.24) is 39.9 Å². The monoisotopic (exact) mass is 1100 g/mol. The molecule has 12 N–H and O–H groups in total. The van der Waals surface area contributed by atoms with Crippen molar-refractivity contribution in [3.63, 3.8) is 0 Å². The lowest BCUT2D eigenvalue weighted by Gasteiger charge is -2.20. The molecule has 0 amide bonds. The van der Waals surface area contributed by atoms with Crippen LogP contribution in [0, 0.1) is 26.7 Å². The summed E-state index contributed by atoms with van der Waals surface area (Å²) in [5, 5.41) is 34.7. The summed E-state index contributed by atoms with van der Waals surface area (Å²) in [4.78, 5) is 43.5. The van der Waals surface area contributed by atoms with E-state index in [4.69, 9.17) is 80.9 Å². The first-order valence-electron chi connectivity index (χ1n) is 19.6. The summed E-state index contributed by atoms with van der Waals surface area (Å²) in [5.74, 6) is -0.0968. The van der Waals surface area contributed by atoms with Gasteiger partial charge in [-0.2, -0.15) is 4.98 Å². The lowest BCUT2D eigenvalue weighted by atomic mass is 10.1. The Hall–Kier alpha value is -4.68. The van der Waals surface area contributed by atoms with Gasteiger partial charge in [-0.05, 0) is 80.3 Å². The molecule has 0 aliphatic heterocycles. The van der Waals surface area contributed by atoms with Crippen LogP contribution in [0.3, 0.4) is 0 Å². The number of nitrogens with one attached hydrogen (secondary N) is 1. The van der Waals surface area contributed by atoms with Gasteiger partial charge < -0.3 is 43.6 Å². The number of aromatic nitrogens is 8. The molecular formula is C42H41Cl6N13O4S3. The number of nitrogen functional groups attached to an aromatic ring is 4. The molecule has 68 heavy (non-hydrogen) atoms. The number of hydrogen-bond acceptors (Lipinski definition) is 20. The Morgan fingerprint density at radius 1 is 0.662 bits per heavy atom. The molecule has 9 rings (SSSR count). The number of rotatable bonds is 6. The zero-order valence-electron chi connectivity index (χ0n) is 35.7. The van der Waals surface area contributed by atoms with E-state index < -0.39 is 24.2 Å². The van der Waals surface area contributed by atoms with Crippen molar-refractivity contribution in [3.8, 4) is 21.1 Å². The number of aliphatic hydroxyl groups is 3. The van der Waals surface area contributed by atoms with Gasteiger partial charge in [0.25, 0.3) is 0 Å². The van der Waals surface area contributed by atoms with Gasteiger partial charge in [-0.3, -0.25) is 4.79 Å². The Balaban J connectivity index is 0.000000186. The molecule has 17 nitrogen and oxygen atoms in total. The van der Waals surface area contributed by atoms with Crippen LogP contribution in [-0.4, -0.2) is 86.3 Å². The molecule has 0 radical (unpaired) electrons. The number of hydrogen-bond donors (Lipinski definition) is 9. The molecule has 1 fully saturated rings. The number of nitrogens with two attached hydrogens (primary N) is 4. The number of aldehydes is 1. The number of aryl methyl sites for hydroxylation is 3. The summed E-state index contributed by atoms with van der Waals surface area (Å²) in [5.41, 5.74) is 29.0. The van der Waals surface area contributed by atoms with Crippen LogP contribution in [0.1, 0.15) is 33.5 Å². The third-order valence-electron chi connectivity index (χ3n) is 9.76. The molecular weight excluding hydrogens is 1060 g/mol. The molecule has 0 spiro atoms. The first kappa shape index (κ1) is 54.3. The summed E-state index contributed by atoms with van der Waals surface area (Å²) in [6.07, 6.45) is -1.23. The van der Waals surface area contributed by atoms with Gasteiger partial charge in [0.05, 0.1) is 49.3 Å². The molecule has 0 saturated heterocycles. The van der Waals surface area contributed by atoms with E-state index in [9.17, 15) is 20.1 Å². The number of fused-ring (bicyclic) bond motifs is 2. The fraction of sp³-hybridized carbons (Fsp3) is 0.214. The van der Waals surface area contributed by atoms with E-state index in [0.717, 1.165) is 42.1 Å². The van der Waals surface area contributed by atoms with E-state index >= 15 is 0 Å². The number of carbonyl (C=O) groups excluding carboxylic acids is 1. The van der Waals surface area contributed by atoms with Gasteiger partial charge in [0.1, 0.15) is 47.7 Å². The van der Waals surface area contributed by atoms with Crippen LogP contribution >= 0.6 is 106 Å². The van der Waals surface area contributed by atoms with E-state index in [2.05, 4.69) is 57.8 Å². The van der Waals surface area contributed by atoms with Crippen LogP contribution in [0.15, 0.2) is 59.5 Å². The molecule has 3 aromatic carbocycles. The Labute approximate surface area is 433 Å². The average molecular weight is 1100 g/mol. The molecule has 358 valence electrons. The Morgan fingerprint density at radius 2 is 1.10 bits per heavy atom. The van der Waals surface area contributed by atoms with E-state index in [1.54, 1.807) is 0 Å². The highest BCUT2D eigenvalue weighted by atomic mass is 35.5. The number of thiazole rings is 2. The predicted molar refractivity (Wildman–Crippen MR) is 281 cm³/mol. The van der Waals surface area contributed by atoms with Crippen molar-refractivity contribution in [2.45, 2.75) is 50.3 Å². The summed E-state index contributed by atoms with van der Waals surface area (Å²) < 4.78 is 2.06. The van der Waals surface area contributed by atoms with E-state index in [-0.39, 0.29) is 68.2 Å². The minimum absolute atomic E-state index is 0. The molecule has 1 aliphatic carbocycles. The third-order valence-corrected chi connectivity index (χ3v) is 13.7. The highest BCUT2D eigenvalue weighted by Crippen LogP contribution is 2.41. The van der Waals surface area contributed by atoms with Gasteiger partial charge in [0.2, 0.25) is 17.8 Å². The lowest BCUT2D eigenvalue weighted by molar-refractivity contribution is 0.00446. The number of aliphatic hydroxyl groups excluding tert-OH is 3. The molecule has 1 saturated carbocycles. The number of anilines is 5. The van der Waals surface area contributed by atoms with Crippen molar-refractivity contribution in [2.24, 2.45) is 5.92 Å². The van der Waals surface area contributed by atoms with Crippen molar-refractivity contribution in [3.05, 3.63) is 103 Å². The second-order valence-electron chi connectivity index (χ2n) is 14.8. The lowest BCUT2D eigenvalue weighted by Crippen LogP contribution is -2.35. The van der Waals surface area contributed by atoms with Crippen LogP contribution in [0.4, 0.5) is 29.4 Å². The fourth-order valence-corrected chi connectivity index (χ4v) is 10.1. The van der Waals surface area contributed by atoms with E-state index in [1.807, 2.05) is 75.4 Å². The van der Waals surface area contributed by atoms with Gasteiger partial charge in [-0.15, -0.1) is 47.7 Å². The average Bonchev–Trinajstić information content (AvgIpc) is 3.93. The maximum Gasteiger partial charge on any atom is 0.223 e. The number of benzene rings is 3. The number of nitrogens with zero attached hydrogens (tertiary/aromatic N) is 8. The maximum absolute atomic E-state index is 10.3. The van der Waals surface area contributed by atoms with Gasteiger partial charge in [0.15, 0.2) is 6.29 Å². The molecule has 5 heterocycles. The van der Waals surface area contributed by atoms with Crippen molar-refractivity contribution >= 4 is 162 Å². The zero-order valence-corrected chi connectivity index (χ0v) is 42.8. The summed E-state index contributed by atoms with van der Waals surface area (Å²) in [6, 6.07) is 17.3.